The first kappa shape index (κ1) is 20.1. The van der Waals surface area contributed by atoms with E-state index in [1.54, 1.807) is 24.4 Å². The number of nitrogens with zero attached hydrogens (tertiary/aromatic N) is 1. The molecule has 2 N–H and O–H groups in total. The predicted molar refractivity (Wildman–Crippen MR) is 101 cm³/mol. The Morgan fingerprint density at radius 2 is 2.08 bits per heavy atom. The number of thiazole rings is 1. The highest BCUT2D eigenvalue weighted by Gasteiger charge is 2.16. The zero-order valence-electron chi connectivity index (χ0n) is 15.5. The lowest BCUT2D eigenvalue weighted by molar-refractivity contribution is -0.126. The van der Waals surface area contributed by atoms with Gasteiger partial charge in [0.1, 0.15) is 17.6 Å². The van der Waals surface area contributed by atoms with Crippen molar-refractivity contribution in [3.05, 3.63) is 23.3 Å². The molecule has 0 saturated carbocycles. The number of hydrogen-bond acceptors (Lipinski definition) is 6. The molecule has 2 rings (SSSR count). The van der Waals surface area contributed by atoms with Crippen molar-refractivity contribution in [2.24, 2.45) is 5.92 Å². The third kappa shape index (κ3) is 6.27. The fourth-order valence-electron chi connectivity index (χ4n) is 2.03. The number of furan rings is 1. The summed E-state index contributed by atoms with van der Waals surface area (Å²) in [4.78, 5) is 27.5. The summed E-state index contributed by atoms with van der Waals surface area (Å²) in [7, 11) is 0. The standard InChI is InChI=1S/C18H25N3O4S/c1-11(2)7-8-24-12(3)17(23)21-18-20-15(10-26-18)16-6-5-14(25-16)9-19-13(4)22/h5-6,10-12H,7-9H2,1-4H3,(H,19,22)(H,20,21,23)/t12-/m0/s1. The summed E-state index contributed by atoms with van der Waals surface area (Å²) < 4.78 is 11.2. The van der Waals surface area contributed by atoms with Crippen molar-refractivity contribution < 1.29 is 18.7 Å². The van der Waals surface area contributed by atoms with Crippen molar-refractivity contribution >= 4 is 28.3 Å². The number of nitrogens with one attached hydrogen (secondary N) is 2. The number of carbonyl (C=O) groups excluding carboxylic acids is 2. The highest BCUT2D eigenvalue weighted by Crippen LogP contribution is 2.26. The Kier molecular flexibility index (Phi) is 7.35. The summed E-state index contributed by atoms with van der Waals surface area (Å²) in [6, 6.07) is 3.57. The van der Waals surface area contributed by atoms with E-state index in [1.807, 2.05) is 0 Å². The van der Waals surface area contributed by atoms with Gasteiger partial charge in [-0.3, -0.25) is 14.9 Å². The third-order valence-corrected chi connectivity index (χ3v) is 4.35. The lowest BCUT2D eigenvalue weighted by Gasteiger charge is -2.13. The summed E-state index contributed by atoms with van der Waals surface area (Å²) in [5.74, 6) is 1.42. The third-order valence-electron chi connectivity index (χ3n) is 3.59. The van der Waals surface area contributed by atoms with Gasteiger partial charge in [-0.05, 0) is 31.4 Å². The van der Waals surface area contributed by atoms with Crippen molar-refractivity contribution in [3.8, 4) is 11.5 Å². The van der Waals surface area contributed by atoms with Crippen LogP contribution in [0.5, 0.6) is 0 Å². The maximum absolute atomic E-state index is 12.2. The van der Waals surface area contributed by atoms with Crippen molar-refractivity contribution in [1.29, 1.82) is 0 Å². The number of anilines is 1. The molecule has 0 saturated heterocycles. The van der Waals surface area contributed by atoms with Crippen molar-refractivity contribution in [3.63, 3.8) is 0 Å². The first-order valence-corrected chi connectivity index (χ1v) is 9.44. The Labute approximate surface area is 157 Å². The largest absolute Gasteiger partial charge is 0.458 e. The molecule has 0 radical (unpaired) electrons. The normalized spacial score (nSPS) is 12.2. The van der Waals surface area contributed by atoms with E-state index in [0.717, 1.165) is 6.42 Å². The molecule has 142 valence electrons. The van der Waals surface area contributed by atoms with E-state index >= 15 is 0 Å². The molecule has 2 heterocycles. The summed E-state index contributed by atoms with van der Waals surface area (Å²) >= 11 is 1.32. The van der Waals surface area contributed by atoms with E-state index in [4.69, 9.17) is 9.15 Å². The maximum atomic E-state index is 12.2. The van der Waals surface area contributed by atoms with Gasteiger partial charge in [0.05, 0.1) is 6.54 Å². The van der Waals surface area contributed by atoms with Gasteiger partial charge in [-0.2, -0.15) is 0 Å². The van der Waals surface area contributed by atoms with Crippen LogP contribution in [0.2, 0.25) is 0 Å². The Bertz CT molecular complexity index is 738. The molecule has 0 spiro atoms. The first-order chi connectivity index (χ1) is 12.3. The molecule has 1 atom stereocenters. The monoisotopic (exact) mass is 379 g/mol. The second-order valence-corrected chi connectivity index (χ2v) is 7.26. The topological polar surface area (TPSA) is 93.5 Å². The smallest absolute Gasteiger partial charge is 0.254 e. The van der Waals surface area contributed by atoms with Crippen LogP contribution in [0.15, 0.2) is 21.9 Å². The zero-order chi connectivity index (χ0) is 19.1. The van der Waals surface area contributed by atoms with E-state index in [1.165, 1.54) is 18.3 Å². The molecule has 0 fully saturated rings. The van der Waals surface area contributed by atoms with Gasteiger partial charge in [-0.15, -0.1) is 11.3 Å². The minimum Gasteiger partial charge on any atom is -0.458 e. The summed E-state index contributed by atoms with van der Waals surface area (Å²) in [6.07, 6.45) is 0.382. The van der Waals surface area contributed by atoms with Gasteiger partial charge in [0.2, 0.25) is 5.91 Å². The highest BCUT2D eigenvalue weighted by atomic mass is 32.1. The molecule has 0 unspecified atom stereocenters. The van der Waals surface area contributed by atoms with E-state index in [-0.39, 0.29) is 11.8 Å². The summed E-state index contributed by atoms with van der Waals surface area (Å²) in [5, 5.41) is 7.73. The molecule has 2 aromatic rings. The molecule has 0 bridgehead atoms. The van der Waals surface area contributed by atoms with Crippen LogP contribution in [-0.4, -0.2) is 29.5 Å². The van der Waals surface area contributed by atoms with Crippen LogP contribution in [0.3, 0.4) is 0 Å². The Morgan fingerprint density at radius 3 is 2.77 bits per heavy atom. The number of amides is 2. The second-order valence-electron chi connectivity index (χ2n) is 6.40. The van der Waals surface area contributed by atoms with Gasteiger partial charge in [0.25, 0.3) is 5.91 Å². The van der Waals surface area contributed by atoms with Crippen LogP contribution in [0.25, 0.3) is 11.5 Å². The SMILES string of the molecule is CC(=O)NCc1ccc(-c2csc(NC(=O)[C@H](C)OCCC(C)C)n2)o1. The van der Waals surface area contributed by atoms with Crippen LogP contribution >= 0.6 is 11.3 Å². The average molecular weight is 379 g/mol. The molecular formula is C18H25N3O4S. The molecule has 0 aromatic carbocycles. The quantitative estimate of drug-likeness (QED) is 0.696. The molecule has 2 aromatic heterocycles. The molecule has 8 heteroatoms. The van der Waals surface area contributed by atoms with Gasteiger partial charge in [-0.25, -0.2) is 4.98 Å². The van der Waals surface area contributed by atoms with Crippen LogP contribution in [-0.2, 0) is 20.9 Å². The van der Waals surface area contributed by atoms with Crippen molar-refractivity contribution in [2.75, 3.05) is 11.9 Å². The van der Waals surface area contributed by atoms with Crippen molar-refractivity contribution in [2.45, 2.75) is 46.8 Å². The minimum absolute atomic E-state index is 0.119. The Morgan fingerprint density at radius 1 is 1.31 bits per heavy atom. The summed E-state index contributed by atoms with van der Waals surface area (Å²) in [6.45, 7) is 8.29. The minimum atomic E-state index is -0.533. The fraction of sp³-hybridized carbons (Fsp3) is 0.500. The number of ether oxygens (including phenoxy) is 1. The number of hydrogen-bond donors (Lipinski definition) is 2. The molecule has 26 heavy (non-hydrogen) atoms. The highest BCUT2D eigenvalue weighted by molar-refractivity contribution is 7.14. The van der Waals surface area contributed by atoms with E-state index in [0.29, 0.717) is 41.4 Å². The lowest BCUT2D eigenvalue weighted by atomic mass is 10.1. The second kappa shape index (κ2) is 9.49. The van der Waals surface area contributed by atoms with E-state index in [9.17, 15) is 9.59 Å². The Balaban J connectivity index is 1.89. The molecule has 2 amide bonds. The number of rotatable bonds is 9. The predicted octanol–water partition coefficient (Wildman–Crippen LogP) is 3.43. The van der Waals surface area contributed by atoms with E-state index in [2.05, 4.69) is 29.5 Å². The zero-order valence-corrected chi connectivity index (χ0v) is 16.3. The fourth-order valence-corrected chi connectivity index (χ4v) is 2.73. The molecule has 0 aliphatic heterocycles. The first-order valence-electron chi connectivity index (χ1n) is 8.56. The van der Waals surface area contributed by atoms with Gasteiger partial charge in [-0.1, -0.05) is 13.8 Å². The van der Waals surface area contributed by atoms with E-state index < -0.39 is 6.10 Å². The molecule has 7 nitrogen and oxygen atoms in total. The van der Waals surface area contributed by atoms with Gasteiger partial charge >= 0.3 is 0 Å². The van der Waals surface area contributed by atoms with Crippen molar-refractivity contribution in [1.82, 2.24) is 10.3 Å². The summed E-state index contributed by atoms with van der Waals surface area (Å²) in [5.41, 5.74) is 0.632. The molecule has 0 aliphatic carbocycles. The van der Waals surface area contributed by atoms with Crippen LogP contribution < -0.4 is 10.6 Å². The van der Waals surface area contributed by atoms with Crippen LogP contribution in [0.4, 0.5) is 5.13 Å². The van der Waals surface area contributed by atoms with Gasteiger partial charge < -0.3 is 14.5 Å². The number of carbonyl (C=O) groups is 2. The van der Waals surface area contributed by atoms with Crippen LogP contribution in [0.1, 0.15) is 39.9 Å². The van der Waals surface area contributed by atoms with Crippen LogP contribution in [0, 0.1) is 5.92 Å². The molecule has 0 aliphatic rings. The lowest BCUT2D eigenvalue weighted by Crippen LogP contribution is -2.28. The molecular weight excluding hydrogens is 354 g/mol. The Hall–Kier alpha value is -2.19. The van der Waals surface area contributed by atoms with Gasteiger partial charge in [0.15, 0.2) is 10.9 Å². The average Bonchev–Trinajstić information content (AvgIpc) is 3.21. The van der Waals surface area contributed by atoms with Gasteiger partial charge in [0, 0.05) is 18.9 Å². The number of aromatic nitrogens is 1. The maximum Gasteiger partial charge on any atom is 0.254 e.